The molecule has 0 bridgehead atoms. The van der Waals surface area contributed by atoms with E-state index >= 15 is 0 Å². The third-order valence-corrected chi connectivity index (χ3v) is 15.9. The highest BCUT2D eigenvalue weighted by molar-refractivity contribution is 7.91. The summed E-state index contributed by atoms with van der Waals surface area (Å²) in [5.41, 5.74) is 5.58. The SMILES string of the molecule is CCc1cc(C)cc(CC)c1-c1c(OC(=O)C(C)(C)C)n2n(c1=O)CCOCC2.COc1ccccc1C(=O)NS(=O)(=O)c1ccc(C(=O)NC2CC2)cc1.Cc1c(C(=O)c2c[nH]n(C)c2=O)ccc(S(C)(=O)=O)c1C1=NOCC1. The maximum absolute atomic E-state index is 13.5. The van der Waals surface area contributed by atoms with Gasteiger partial charge < -0.3 is 29.5 Å². The molecule has 2 amide bonds. The van der Waals surface area contributed by atoms with Crippen LogP contribution in [0.15, 0.2) is 104 Å². The predicted octanol–water partition coefficient (Wildman–Crippen LogP) is 6.22. The fraction of sp³-hybridized carbons (Fsp3) is 0.386. The molecule has 0 spiro atoms. The summed E-state index contributed by atoms with van der Waals surface area (Å²) in [6.07, 6.45) is 6.41. The molecule has 80 heavy (non-hydrogen) atoms. The Morgan fingerprint density at radius 1 is 0.787 bits per heavy atom. The molecule has 9 rings (SSSR count). The number of amides is 2. The zero-order valence-corrected chi connectivity index (χ0v) is 48.1. The third kappa shape index (κ3) is 13.4. The van der Waals surface area contributed by atoms with Gasteiger partial charge in [-0.15, -0.1) is 0 Å². The zero-order chi connectivity index (χ0) is 58.4. The summed E-state index contributed by atoms with van der Waals surface area (Å²) in [6.45, 7) is 15.5. The maximum atomic E-state index is 13.5. The highest BCUT2D eigenvalue weighted by Crippen LogP contribution is 2.37. The number of fused-ring (bicyclic) bond motifs is 1. The lowest BCUT2D eigenvalue weighted by Crippen LogP contribution is -2.31. The summed E-state index contributed by atoms with van der Waals surface area (Å²) in [5.74, 6) is -1.25. The normalized spacial score (nSPS) is 14.2. The van der Waals surface area contributed by atoms with Gasteiger partial charge in [-0.3, -0.25) is 33.4 Å². The number of hydrogen-bond acceptors (Lipinski definition) is 15. The Morgan fingerprint density at radius 2 is 1.43 bits per heavy atom. The Balaban J connectivity index is 0.000000174. The second-order valence-electron chi connectivity index (χ2n) is 20.4. The molecule has 21 nitrogen and oxygen atoms in total. The number of methoxy groups -OCH3 is 1. The van der Waals surface area contributed by atoms with Crippen molar-refractivity contribution in [2.45, 2.75) is 109 Å². The first kappa shape index (κ1) is 59.8. The summed E-state index contributed by atoms with van der Waals surface area (Å²) in [6, 6.07) is 19.0. The fourth-order valence-electron chi connectivity index (χ4n) is 9.00. The van der Waals surface area contributed by atoms with Crippen molar-refractivity contribution in [1.29, 1.82) is 0 Å². The molecule has 0 unspecified atom stereocenters. The number of esters is 1. The van der Waals surface area contributed by atoms with E-state index in [1.54, 1.807) is 34.5 Å². The summed E-state index contributed by atoms with van der Waals surface area (Å²) in [4.78, 5) is 80.3. The molecule has 1 fully saturated rings. The monoisotopic (exact) mass is 1140 g/mol. The fourth-order valence-corrected chi connectivity index (χ4v) is 10.9. The van der Waals surface area contributed by atoms with Gasteiger partial charge in [-0.2, -0.15) is 0 Å². The number of rotatable bonds is 14. The first-order chi connectivity index (χ1) is 37.8. The van der Waals surface area contributed by atoms with Crippen molar-refractivity contribution < 1.29 is 55.1 Å². The maximum Gasteiger partial charge on any atom is 0.317 e. The number of carbonyl (C=O) groups is 4. The van der Waals surface area contributed by atoms with E-state index in [1.165, 1.54) is 73.1 Å². The topological polar surface area (TPSA) is 275 Å². The van der Waals surface area contributed by atoms with Crippen LogP contribution in [0.25, 0.3) is 11.1 Å². The predicted molar refractivity (Wildman–Crippen MR) is 299 cm³/mol. The van der Waals surface area contributed by atoms with E-state index in [0.29, 0.717) is 73.2 Å². The number of H-pyrrole nitrogens is 1. The van der Waals surface area contributed by atoms with Crippen LogP contribution in [-0.4, -0.2) is 104 Å². The van der Waals surface area contributed by atoms with E-state index in [-0.39, 0.29) is 55.7 Å². The number of aromatic nitrogens is 4. The number of nitrogens with one attached hydrogen (secondary N) is 3. The van der Waals surface area contributed by atoms with E-state index in [2.05, 4.69) is 48.5 Å². The molecule has 23 heteroatoms. The average Bonchev–Trinajstić information content (AvgIpc) is 3.96. The van der Waals surface area contributed by atoms with E-state index in [0.717, 1.165) is 48.6 Å². The molecule has 0 saturated heterocycles. The molecule has 3 aliphatic rings. The zero-order valence-electron chi connectivity index (χ0n) is 46.5. The Bertz CT molecular complexity index is 3720. The molecule has 0 atom stereocenters. The van der Waals surface area contributed by atoms with E-state index in [4.69, 9.17) is 19.0 Å². The summed E-state index contributed by atoms with van der Waals surface area (Å²) < 4.78 is 72.3. The van der Waals surface area contributed by atoms with Gasteiger partial charge in [0.25, 0.3) is 33.0 Å². The van der Waals surface area contributed by atoms with Crippen LogP contribution in [0.2, 0.25) is 0 Å². The minimum atomic E-state index is -4.07. The van der Waals surface area contributed by atoms with Crippen LogP contribution in [0.4, 0.5) is 0 Å². The Labute approximate surface area is 464 Å². The summed E-state index contributed by atoms with van der Waals surface area (Å²) in [5, 5.41) is 9.38. The second kappa shape index (κ2) is 24.6. The van der Waals surface area contributed by atoms with Crippen molar-refractivity contribution in [1.82, 2.24) is 29.2 Å². The number of aromatic amines is 1. The number of sulfonamides is 1. The third-order valence-electron chi connectivity index (χ3n) is 13.4. The Morgan fingerprint density at radius 3 is 1.98 bits per heavy atom. The number of benzene rings is 4. The van der Waals surface area contributed by atoms with Crippen molar-refractivity contribution >= 4 is 49.1 Å². The highest BCUT2D eigenvalue weighted by atomic mass is 32.2. The van der Waals surface area contributed by atoms with Crippen molar-refractivity contribution in [3.05, 3.63) is 150 Å². The van der Waals surface area contributed by atoms with Gasteiger partial charge in [-0.1, -0.05) is 48.8 Å². The largest absolute Gasteiger partial charge is 0.496 e. The van der Waals surface area contributed by atoms with E-state index in [1.807, 2.05) is 25.5 Å². The van der Waals surface area contributed by atoms with Gasteiger partial charge in [0.15, 0.2) is 15.6 Å². The molecule has 2 aromatic heterocycles. The molecule has 2 aliphatic heterocycles. The second-order valence-corrected chi connectivity index (χ2v) is 24.1. The quantitative estimate of drug-likeness (QED) is 0.0807. The van der Waals surface area contributed by atoms with E-state index in [9.17, 15) is 45.6 Å². The van der Waals surface area contributed by atoms with Gasteiger partial charge in [0, 0.05) is 48.7 Å². The van der Waals surface area contributed by atoms with Crippen molar-refractivity contribution in [3.8, 4) is 22.8 Å². The van der Waals surface area contributed by atoms with Crippen molar-refractivity contribution in [2.24, 2.45) is 17.6 Å². The lowest BCUT2D eigenvalue weighted by molar-refractivity contribution is -0.143. The first-order valence-corrected chi connectivity index (χ1v) is 29.4. The van der Waals surface area contributed by atoms with Crippen LogP contribution < -0.4 is 30.6 Å². The van der Waals surface area contributed by atoms with Gasteiger partial charge in [0.1, 0.15) is 23.5 Å². The average molecular weight is 1140 g/mol. The van der Waals surface area contributed by atoms with Gasteiger partial charge in [-0.05, 0) is 131 Å². The van der Waals surface area contributed by atoms with Crippen LogP contribution in [0.1, 0.15) is 118 Å². The Kier molecular flexibility index (Phi) is 18.4. The van der Waals surface area contributed by atoms with E-state index < -0.39 is 42.5 Å². The van der Waals surface area contributed by atoms with Gasteiger partial charge in [-0.25, -0.2) is 30.9 Å². The summed E-state index contributed by atoms with van der Waals surface area (Å²) >= 11 is 0. The molecule has 426 valence electrons. The lowest BCUT2D eigenvalue weighted by Gasteiger charge is -2.19. The van der Waals surface area contributed by atoms with Gasteiger partial charge >= 0.3 is 5.97 Å². The molecule has 1 aliphatic carbocycles. The number of aryl methyl sites for hydroxylation is 4. The Hall–Kier alpha value is -7.89. The number of hydrogen-bond donors (Lipinski definition) is 3. The standard InChI is InChI=1S/C23H32N2O4.C18H18N2O5S.C16H17N3O5S/c1-7-16-13-15(3)14-17(8-2)18(16)19-20(26)24-9-11-28-12-10-25(24)21(19)29-22(27)23(4,5)6;1-25-16-5-3-2-4-15(16)18(22)20-26(23,24)14-10-6-12(7-11-14)17(21)19-13-8-9-13;1-9-10(15(20)11-8-17-19(2)16(11)21)4-5-13(25(3,22)23)14(9)12-6-7-24-18-12/h13-14H,7-12H2,1-6H3;2-7,10-11,13H,8-9H2,1H3,(H,19,21)(H,20,22);4-5,8,17H,6-7H2,1-3H3. The number of carbonyl (C=O) groups excluding carboxylic acids is 4. The number of nitrogens with zero attached hydrogens (tertiary/aromatic N) is 4. The molecule has 0 radical (unpaired) electrons. The number of oxime groups is 1. The van der Waals surface area contributed by atoms with Crippen LogP contribution in [0.3, 0.4) is 0 Å². The van der Waals surface area contributed by atoms with Crippen LogP contribution in [-0.2, 0) is 67.2 Å². The van der Waals surface area contributed by atoms with Crippen molar-refractivity contribution in [2.75, 3.05) is 33.2 Å². The van der Waals surface area contributed by atoms with Crippen LogP contribution >= 0.6 is 0 Å². The summed E-state index contributed by atoms with van der Waals surface area (Å²) in [7, 11) is -4.69. The number of para-hydroxylation sites is 1. The molecular formula is C57H67N7O14S2. The van der Waals surface area contributed by atoms with Crippen LogP contribution in [0, 0.1) is 19.3 Å². The van der Waals surface area contributed by atoms with Gasteiger partial charge in [0.05, 0.1) is 59.9 Å². The molecule has 4 aromatic carbocycles. The molecule has 1 saturated carbocycles. The molecule has 4 heterocycles. The van der Waals surface area contributed by atoms with Crippen LogP contribution in [0.5, 0.6) is 11.6 Å². The molecule has 3 N–H and O–H groups in total. The van der Waals surface area contributed by atoms with Crippen molar-refractivity contribution in [3.63, 3.8) is 0 Å². The molecule has 6 aromatic rings. The number of ether oxygens (including phenoxy) is 3. The lowest BCUT2D eigenvalue weighted by atomic mass is 9.91. The smallest absolute Gasteiger partial charge is 0.317 e. The number of ketones is 1. The minimum Gasteiger partial charge on any atom is -0.496 e. The first-order valence-electron chi connectivity index (χ1n) is 26.0. The number of sulfone groups is 1. The highest BCUT2D eigenvalue weighted by Gasteiger charge is 2.33. The van der Waals surface area contributed by atoms with Gasteiger partial charge in [0.2, 0.25) is 5.88 Å². The molecular weight excluding hydrogens is 1070 g/mol. The minimum absolute atomic E-state index is 0.00623.